The van der Waals surface area contributed by atoms with Crippen molar-refractivity contribution in [3.8, 4) is 0 Å². The van der Waals surface area contributed by atoms with Crippen molar-refractivity contribution in [2.24, 2.45) is 5.73 Å². The lowest BCUT2D eigenvalue weighted by Gasteiger charge is -2.37. The molecule has 0 bridgehead atoms. The molecule has 0 aromatic heterocycles. The van der Waals surface area contributed by atoms with E-state index in [-0.39, 0.29) is 22.7 Å². The van der Waals surface area contributed by atoms with Crippen LogP contribution in [0.25, 0.3) is 0 Å². The Bertz CT molecular complexity index is 412. The maximum atomic E-state index is 11.0. The number of rotatable bonds is 2. The maximum Gasteiger partial charge on any atom is 0.274 e. The predicted molar refractivity (Wildman–Crippen MR) is 65.7 cm³/mol. The number of para-hydroxylation sites is 1. The molecule has 2 atom stereocenters. The van der Waals surface area contributed by atoms with Gasteiger partial charge in [-0.3, -0.25) is 15.0 Å². The van der Waals surface area contributed by atoms with Gasteiger partial charge in [-0.1, -0.05) is 18.2 Å². The van der Waals surface area contributed by atoms with Gasteiger partial charge < -0.3 is 5.73 Å². The molecule has 0 spiro atoms. The average Bonchev–Trinajstić information content (AvgIpc) is 2.29. The van der Waals surface area contributed by atoms with Crippen LogP contribution in [0.5, 0.6) is 0 Å². The van der Waals surface area contributed by atoms with E-state index >= 15 is 0 Å². The smallest absolute Gasteiger partial charge is 0.274 e. The normalized spacial score (nSPS) is 25.8. The summed E-state index contributed by atoms with van der Waals surface area (Å²) in [6.07, 6.45) is 1.97. The highest BCUT2D eigenvalue weighted by molar-refractivity contribution is 5.42. The zero-order chi connectivity index (χ0) is 12.4. The van der Waals surface area contributed by atoms with E-state index in [0.717, 1.165) is 24.9 Å². The molecule has 1 aliphatic heterocycles. The molecular weight excluding hydrogens is 218 g/mol. The Balaban J connectivity index is 2.41. The van der Waals surface area contributed by atoms with Crippen LogP contribution in [-0.2, 0) is 0 Å². The Morgan fingerprint density at radius 1 is 1.47 bits per heavy atom. The topological polar surface area (TPSA) is 72.4 Å². The largest absolute Gasteiger partial charge is 0.326 e. The first-order chi connectivity index (χ1) is 8.11. The summed E-state index contributed by atoms with van der Waals surface area (Å²) in [4.78, 5) is 12.8. The third-order valence-corrected chi connectivity index (χ3v) is 3.38. The van der Waals surface area contributed by atoms with Gasteiger partial charge in [-0.2, -0.15) is 0 Å². The van der Waals surface area contributed by atoms with E-state index in [2.05, 4.69) is 4.90 Å². The Morgan fingerprint density at radius 2 is 2.18 bits per heavy atom. The van der Waals surface area contributed by atoms with Gasteiger partial charge in [0.05, 0.1) is 11.0 Å². The van der Waals surface area contributed by atoms with Crippen LogP contribution in [0.3, 0.4) is 0 Å². The highest BCUT2D eigenvalue weighted by Gasteiger charge is 2.32. The van der Waals surface area contributed by atoms with Crippen molar-refractivity contribution < 1.29 is 4.92 Å². The van der Waals surface area contributed by atoms with E-state index in [1.54, 1.807) is 12.1 Å². The number of hydrogen-bond donors (Lipinski definition) is 1. The molecule has 17 heavy (non-hydrogen) atoms. The Hall–Kier alpha value is -1.46. The van der Waals surface area contributed by atoms with Gasteiger partial charge in [-0.25, -0.2) is 0 Å². The zero-order valence-electron chi connectivity index (χ0n) is 9.87. The lowest BCUT2D eigenvalue weighted by Crippen LogP contribution is -2.44. The summed E-state index contributed by atoms with van der Waals surface area (Å²) in [6.45, 7) is 0.935. The second-order valence-corrected chi connectivity index (χ2v) is 4.55. The van der Waals surface area contributed by atoms with Crippen LogP contribution in [0.2, 0.25) is 0 Å². The summed E-state index contributed by atoms with van der Waals surface area (Å²) in [5.41, 5.74) is 7.00. The second-order valence-electron chi connectivity index (χ2n) is 4.55. The Kier molecular flexibility index (Phi) is 3.40. The van der Waals surface area contributed by atoms with Gasteiger partial charge in [0.25, 0.3) is 5.69 Å². The number of nitrogens with zero attached hydrogens (tertiary/aromatic N) is 2. The summed E-state index contributed by atoms with van der Waals surface area (Å²) >= 11 is 0. The van der Waals surface area contributed by atoms with Gasteiger partial charge in [-0.15, -0.1) is 0 Å². The summed E-state index contributed by atoms with van der Waals surface area (Å²) in [5, 5.41) is 11.0. The minimum atomic E-state index is -0.329. The molecule has 2 unspecified atom stereocenters. The van der Waals surface area contributed by atoms with Crippen LogP contribution in [-0.4, -0.2) is 29.5 Å². The third-order valence-electron chi connectivity index (χ3n) is 3.38. The molecule has 1 aromatic rings. The first-order valence-electron chi connectivity index (χ1n) is 5.80. The second kappa shape index (κ2) is 4.81. The number of benzene rings is 1. The third kappa shape index (κ3) is 2.30. The van der Waals surface area contributed by atoms with Gasteiger partial charge in [0.15, 0.2) is 0 Å². The van der Waals surface area contributed by atoms with E-state index in [1.165, 1.54) is 0 Å². The summed E-state index contributed by atoms with van der Waals surface area (Å²) in [7, 11) is 1.97. The quantitative estimate of drug-likeness (QED) is 0.625. The van der Waals surface area contributed by atoms with Crippen molar-refractivity contribution >= 4 is 5.69 Å². The maximum absolute atomic E-state index is 11.0. The van der Waals surface area contributed by atoms with Crippen molar-refractivity contribution in [3.63, 3.8) is 0 Å². The number of nitro benzene ring substituents is 1. The van der Waals surface area contributed by atoms with E-state index in [1.807, 2.05) is 19.2 Å². The fourth-order valence-corrected chi connectivity index (χ4v) is 2.57. The van der Waals surface area contributed by atoms with Crippen LogP contribution in [0, 0.1) is 10.1 Å². The molecule has 0 saturated carbocycles. The zero-order valence-corrected chi connectivity index (χ0v) is 9.87. The standard InChI is InChI=1S/C12H17N3O2/c1-14-8-4-6-10(13)12(14)9-5-2-3-7-11(9)15(16)17/h2-3,5,7,10,12H,4,6,8,13H2,1H3. The van der Waals surface area contributed by atoms with Gasteiger partial charge in [-0.05, 0) is 26.4 Å². The van der Waals surface area contributed by atoms with Crippen molar-refractivity contribution in [2.75, 3.05) is 13.6 Å². The summed E-state index contributed by atoms with van der Waals surface area (Å²) < 4.78 is 0. The first-order valence-corrected chi connectivity index (χ1v) is 5.80. The number of nitro groups is 1. The Morgan fingerprint density at radius 3 is 2.82 bits per heavy atom. The van der Waals surface area contributed by atoms with Crippen LogP contribution in [0.4, 0.5) is 5.69 Å². The molecule has 1 aromatic carbocycles. The minimum Gasteiger partial charge on any atom is -0.326 e. The van der Waals surface area contributed by atoms with Crippen molar-refractivity contribution in [3.05, 3.63) is 39.9 Å². The van der Waals surface area contributed by atoms with E-state index < -0.39 is 0 Å². The summed E-state index contributed by atoms with van der Waals surface area (Å²) in [5.74, 6) is 0. The lowest BCUT2D eigenvalue weighted by molar-refractivity contribution is -0.386. The van der Waals surface area contributed by atoms with Gasteiger partial charge in [0.1, 0.15) is 0 Å². The fraction of sp³-hybridized carbons (Fsp3) is 0.500. The highest BCUT2D eigenvalue weighted by Crippen LogP contribution is 2.34. The molecule has 0 amide bonds. The van der Waals surface area contributed by atoms with Crippen molar-refractivity contribution in [1.29, 1.82) is 0 Å². The summed E-state index contributed by atoms with van der Waals surface area (Å²) in [6, 6.07) is 6.79. The van der Waals surface area contributed by atoms with Gasteiger partial charge in [0, 0.05) is 17.7 Å². The number of likely N-dealkylation sites (tertiary alicyclic amines) is 1. The molecule has 5 heteroatoms. The lowest BCUT2D eigenvalue weighted by atomic mass is 9.90. The van der Waals surface area contributed by atoms with Crippen molar-refractivity contribution in [1.82, 2.24) is 4.90 Å². The number of nitrogens with two attached hydrogens (primary N) is 1. The molecule has 0 radical (unpaired) electrons. The molecule has 1 heterocycles. The van der Waals surface area contributed by atoms with Gasteiger partial charge >= 0.3 is 0 Å². The molecule has 1 fully saturated rings. The van der Waals surface area contributed by atoms with Crippen LogP contribution < -0.4 is 5.73 Å². The Labute approximate surface area is 100 Å². The molecule has 5 nitrogen and oxygen atoms in total. The SMILES string of the molecule is CN1CCCC(N)C1c1ccccc1[N+](=O)[O-]. The van der Waals surface area contributed by atoms with Gasteiger partial charge in [0.2, 0.25) is 0 Å². The molecule has 0 aliphatic carbocycles. The van der Waals surface area contributed by atoms with Crippen molar-refractivity contribution in [2.45, 2.75) is 24.9 Å². The monoisotopic (exact) mass is 235 g/mol. The minimum absolute atomic E-state index is 0.0325. The molecule has 1 saturated heterocycles. The first kappa shape index (κ1) is 12.0. The average molecular weight is 235 g/mol. The number of piperidine rings is 1. The van der Waals surface area contributed by atoms with E-state index in [9.17, 15) is 10.1 Å². The van der Waals surface area contributed by atoms with E-state index in [0.29, 0.717) is 0 Å². The van der Waals surface area contributed by atoms with E-state index in [4.69, 9.17) is 5.73 Å². The fourth-order valence-electron chi connectivity index (χ4n) is 2.57. The molecule has 2 N–H and O–H groups in total. The number of likely N-dealkylation sites (N-methyl/N-ethyl adjacent to an activating group) is 1. The number of hydrogen-bond acceptors (Lipinski definition) is 4. The van der Waals surface area contributed by atoms with Crippen LogP contribution in [0.15, 0.2) is 24.3 Å². The van der Waals surface area contributed by atoms with Crippen LogP contribution in [0.1, 0.15) is 24.4 Å². The molecule has 1 aliphatic rings. The molecular formula is C12H17N3O2. The highest BCUT2D eigenvalue weighted by atomic mass is 16.6. The van der Waals surface area contributed by atoms with Crippen LogP contribution >= 0.6 is 0 Å². The molecule has 2 rings (SSSR count). The predicted octanol–water partition coefficient (Wildman–Crippen LogP) is 1.69. The molecule has 92 valence electrons.